The Morgan fingerprint density at radius 3 is 2.85 bits per heavy atom. The summed E-state index contributed by atoms with van der Waals surface area (Å²) in [7, 11) is 3.94. The molecule has 0 aliphatic carbocycles. The fourth-order valence-electron chi connectivity index (χ4n) is 3.56. The van der Waals surface area contributed by atoms with Crippen molar-refractivity contribution in [1.82, 2.24) is 20.0 Å². The lowest BCUT2D eigenvalue weighted by Crippen LogP contribution is -2.34. The predicted octanol–water partition coefficient (Wildman–Crippen LogP) is 3.58. The Hall–Kier alpha value is -2.73. The minimum absolute atomic E-state index is 0.291. The molecule has 140 valence electrons. The average molecular weight is 363 g/mol. The Bertz CT molecular complexity index is 877. The number of pyridine rings is 1. The lowest BCUT2D eigenvalue weighted by Gasteiger charge is -2.30. The van der Waals surface area contributed by atoms with E-state index in [1.165, 1.54) is 5.56 Å². The van der Waals surface area contributed by atoms with Gasteiger partial charge in [0.2, 0.25) is 11.7 Å². The summed E-state index contributed by atoms with van der Waals surface area (Å²) in [5.41, 5.74) is 2.28. The normalized spacial score (nSPS) is 17.8. The van der Waals surface area contributed by atoms with E-state index in [9.17, 15) is 0 Å². The van der Waals surface area contributed by atoms with Crippen LogP contribution in [0.25, 0.3) is 11.4 Å². The molecule has 1 aliphatic rings. The molecule has 1 saturated heterocycles. The number of hydrogen-bond acceptors (Lipinski definition) is 6. The van der Waals surface area contributed by atoms with Crippen LogP contribution in [-0.2, 0) is 6.54 Å². The SMILES string of the molecule is CN(C)c1cc(-c2noc([C@H]3CCCN(Cc4ccccc4)C3)n2)ccn1. The van der Waals surface area contributed by atoms with Gasteiger partial charge in [-0.3, -0.25) is 4.90 Å². The third-order valence-corrected chi connectivity index (χ3v) is 5.01. The number of nitrogens with zero attached hydrogens (tertiary/aromatic N) is 5. The molecule has 1 fully saturated rings. The first kappa shape index (κ1) is 17.7. The molecule has 0 saturated carbocycles. The van der Waals surface area contributed by atoms with Crippen molar-refractivity contribution in [1.29, 1.82) is 0 Å². The van der Waals surface area contributed by atoms with E-state index in [0.29, 0.717) is 11.7 Å². The number of hydrogen-bond donors (Lipinski definition) is 0. The molecule has 0 radical (unpaired) electrons. The van der Waals surface area contributed by atoms with Crippen molar-refractivity contribution in [2.45, 2.75) is 25.3 Å². The highest BCUT2D eigenvalue weighted by molar-refractivity contribution is 5.59. The molecule has 6 nitrogen and oxygen atoms in total. The van der Waals surface area contributed by atoms with Crippen LogP contribution in [0.5, 0.6) is 0 Å². The molecular weight excluding hydrogens is 338 g/mol. The van der Waals surface area contributed by atoms with Gasteiger partial charge in [0, 0.05) is 38.9 Å². The van der Waals surface area contributed by atoms with E-state index in [1.54, 1.807) is 6.20 Å². The van der Waals surface area contributed by atoms with Crippen molar-refractivity contribution in [3.05, 3.63) is 60.1 Å². The largest absolute Gasteiger partial charge is 0.363 e. The molecule has 1 atom stereocenters. The Kier molecular flexibility index (Phi) is 5.16. The second kappa shape index (κ2) is 7.88. The zero-order valence-corrected chi connectivity index (χ0v) is 15.9. The first-order valence-electron chi connectivity index (χ1n) is 9.42. The van der Waals surface area contributed by atoms with Crippen LogP contribution in [0, 0.1) is 0 Å². The summed E-state index contributed by atoms with van der Waals surface area (Å²) in [6.45, 7) is 3.04. The van der Waals surface area contributed by atoms with Crippen molar-refractivity contribution in [3.8, 4) is 11.4 Å². The average Bonchev–Trinajstić information content (AvgIpc) is 3.19. The fraction of sp³-hybridized carbons (Fsp3) is 0.381. The molecule has 0 unspecified atom stereocenters. The molecule has 27 heavy (non-hydrogen) atoms. The van der Waals surface area contributed by atoms with Gasteiger partial charge in [-0.05, 0) is 37.1 Å². The molecule has 3 aromatic rings. The first-order chi connectivity index (χ1) is 13.2. The summed E-state index contributed by atoms with van der Waals surface area (Å²) >= 11 is 0. The standard InChI is InChI=1S/C21H25N5O/c1-25(2)19-13-17(10-11-22-19)20-23-21(27-24-20)18-9-6-12-26(15-18)14-16-7-4-3-5-8-16/h3-5,7-8,10-11,13,18H,6,9,12,14-15H2,1-2H3/t18-/m0/s1. The van der Waals surface area contributed by atoms with E-state index in [-0.39, 0.29) is 0 Å². The second-order valence-electron chi connectivity index (χ2n) is 7.31. The number of likely N-dealkylation sites (tertiary alicyclic amines) is 1. The highest BCUT2D eigenvalue weighted by Crippen LogP contribution is 2.28. The van der Waals surface area contributed by atoms with E-state index in [1.807, 2.05) is 31.1 Å². The van der Waals surface area contributed by atoms with Crippen LogP contribution in [0.3, 0.4) is 0 Å². The van der Waals surface area contributed by atoms with Crippen molar-refractivity contribution in [2.24, 2.45) is 0 Å². The maximum Gasteiger partial charge on any atom is 0.231 e. The van der Waals surface area contributed by atoms with E-state index < -0.39 is 0 Å². The fourth-order valence-corrected chi connectivity index (χ4v) is 3.56. The Balaban J connectivity index is 1.47. The van der Waals surface area contributed by atoms with Gasteiger partial charge in [0.05, 0.1) is 5.92 Å². The zero-order chi connectivity index (χ0) is 18.6. The van der Waals surface area contributed by atoms with Crippen molar-refractivity contribution in [3.63, 3.8) is 0 Å². The topological polar surface area (TPSA) is 58.3 Å². The molecule has 4 rings (SSSR count). The molecule has 0 amide bonds. The summed E-state index contributed by atoms with van der Waals surface area (Å²) in [6, 6.07) is 14.5. The smallest absolute Gasteiger partial charge is 0.231 e. The third-order valence-electron chi connectivity index (χ3n) is 5.01. The first-order valence-corrected chi connectivity index (χ1v) is 9.42. The van der Waals surface area contributed by atoms with Crippen LogP contribution in [0.2, 0.25) is 0 Å². The highest BCUT2D eigenvalue weighted by atomic mass is 16.5. The van der Waals surface area contributed by atoms with E-state index in [2.05, 4.69) is 45.4 Å². The summed E-state index contributed by atoms with van der Waals surface area (Å²) in [6.07, 6.45) is 4.02. The Labute approximate surface area is 159 Å². The van der Waals surface area contributed by atoms with Crippen molar-refractivity contribution < 1.29 is 4.52 Å². The van der Waals surface area contributed by atoms with Crippen molar-refractivity contribution >= 4 is 5.82 Å². The lowest BCUT2D eigenvalue weighted by molar-refractivity contribution is 0.180. The Morgan fingerprint density at radius 2 is 2.04 bits per heavy atom. The van der Waals surface area contributed by atoms with Gasteiger partial charge >= 0.3 is 0 Å². The molecule has 3 heterocycles. The van der Waals surface area contributed by atoms with Crippen LogP contribution < -0.4 is 4.90 Å². The highest BCUT2D eigenvalue weighted by Gasteiger charge is 2.26. The van der Waals surface area contributed by atoms with Crippen LogP contribution in [0.4, 0.5) is 5.82 Å². The van der Waals surface area contributed by atoms with E-state index in [0.717, 1.165) is 49.7 Å². The third kappa shape index (κ3) is 4.17. The summed E-state index contributed by atoms with van der Waals surface area (Å²) < 4.78 is 5.64. The predicted molar refractivity (Wildman–Crippen MR) is 106 cm³/mol. The maximum atomic E-state index is 5.64. The van der Waals surface area contributed by atoms with Gasteiger partial charge in [-0.15, -0.1) is 0 Å². The van der Waals surface area contributed by atoms with Crippen LogP contribution in [-0.4, -0.2) is 47.2 Å². The van der Waals surface area contributed by atoms with Gasteiger partial charge in [-0.2, -0.15) is 4.98 Å². The number of piperidine rings is 1. The molecule has 6 heteroatoms. The number of aromatic nitrogens is 3. The van der Waals surface area contributed by atoms with Gasteiger partial charge in [-0.25, -0.2) is 4.98 Å². The zero-order valence-electron chi connectivity index (χ0n) is 15.9. The van der Waals surface area contributed by atoms with Crippen LogP contribution in [0.1, 0.15) is 30.2 Å². The van der Waals surface area contributed by atoms with Crippen molar-refractivity contribution in [2.75, 3.05) is 32.1 Å². The van der Waals surface area contributed by atoms with Gasteiger partial charge < -0.3 is 9.42 Å². The van der Waals surface area contributed by atoms with E-state index >= 15 is 0 Å². The van der Waals surface area contributed by atoms with Gasteiger partial charge in [-0.1, -0.05) is 35.5 Å². The van der Waals surface area contributed by atoms with Gasteiger partial charge in [0.25, 0.3) is 0 Å². The van der Waals surface area contributed by atoms with Crippen LogP contribution in [0.15, 0.2) is 53.2 Å². The summed E-state index contributed by atoms with van der Waals surface area (Å²) in [5, 5.41) is 4.22. The maximum absolute atomic E-state index is 5.64. The second-order valence-corrected chi connectivity index (χ2v) is 7.31. The molecule has 0 bridgehead atoms. The monoisotopic (exact) mass is 363 g/mol. The van der Waals surface area contributed by atoms with E-state index in [4.69, 9.17) is 9.51 Å². The number of anilines is 1. The molecular formula is C21H25N5O. The molecule has 0 spiro atoms. The van der Waals surface area contributed by atoms with Gasteiger partial charge in [0.1, 0.15) is 5.82 Å². The number of benzene rings is 1. The molecule has 1 aliphatic heterocycles. The molecule has 0 N–H and O–H groups in total. The minimum Gasteiger partial charge on any atom is -0.363 e. The summed E-state index contributed by atoms with van der Waals surface area (Å²) in [5.74, 6) is 2.55. The molecule has 2 aromatic heterocycles. The van der Waals surface area contributed by atoms with Gasteiger partial charge in [0.15, 0.2) is 0 Å². The molecule has 1 aromatic carbocycles. The Morgan fingerprint density at radius 1 is 1.19 bits per heavy atom. The number of rotatable bonds is 5. The lowest BCUT2D eigenvalue weighted by atomic mass is 9.97. The van der Waals surface area contributed by atoms with Crippen LogP contribution >= 0.6 is 0 Å². The minimum atomic E-state index is 0.291. The summed E-state index contributed by atoms with van der Waals surface area (Å²) in [4.78, 5) is 13.5. The quantitative estimate of drug-likeness (QED) is 0.691.